The zero-order chi connectivity index (χ0) is 9.97. The van der Waals surface area contributed by atoms with Crippen LogP contribution in [-0.4, -0.2) is 20.2 Å². The van der Waals surface area contributed by atoms with Gasteiger partial charge in [0.2, 0.25) is 5.95 Å². The molecule has 2 aromatic rings. The zero-order valence-corrected chi connectivity index (χ0v) is 7.68. The number of rotatable bonds is 2. The number of aromatic nitrogens is 4. The summed E-state index contributed by atoms with van der Waals surface area (Å²) in [5.41, 5.74) is 7.19. The predicted octanol–water partition coefficient (Wildman–Crippen LogP) is 0.536. The van der Waals surface area contributed by atoms with Crippen molar-refractivity contribution < 1.29 is 0 Å². The molecule has 0 saturated carbocycles. The summed E-state index contributed by atoms with van der Waals surface area (Å²) in [7, 11) is 1.76. The minimum Gasteiger partial charge on any atom is -0.399 e. The van der Waals surface area contributed by atoms with Gasteiger partial charge in [-0.15, -0.1) is 0 Å². The van der Waals surface area contributed by atoms with Crippen LogP contribution in [0.25, 0.3) is 0 Å². The Morgan fingerprint density at radius 3 is 2.93 bits per heavy atom. The van der Waals surface area contributed by atoms with Crippen molar-refractivity contribution in [2.24, 2.45) is 7.05 Å². The molecule has 0 unspecified atom stereocenters. The van der Waals surface area contributed by atoms with Gasteiger partial charge in [0.25, 0.3) is 0 Å². The van der Waals surface area contributed by atoms with Gasteiger partial charge in [-0.3, -0.25) is 0 Å². The monoisotopic (exact) mass is 190 g/mol. The molecule has 0 amide bonds. The van der Waals surface area contributed by atoms with Crippen molar-refractivity contribution in [3.05, 3.63) is 24.3 Å². The number of nitrogens with two attached hydrogens (primary N) is 1. The molecule has 0 bridgehead atoms. The number of nitrogen functional groups attached to an aromatic ring is 1. The highest BCUT2D eigenvalue weighted by atomic mass is 15.6. The molecule has 0 aliphatic rings. The Kier molecular flexibility index (Phi) is 2.02. The van der Waals surface area contributed by atoms with E-state index in [-0.39, 0.29) is 0 Å². The molecule has 2 rings (SSSR count). The molecule has 1 aromatic heterocycles. The minimum atomic E-state index is 0.579. The largest absolute Gasteiger partial charge is 0.399 e. The van der Waals surface area contributed by atoms with Gasteiger partial charge < -0.3 is 11.1 Å². The van der Waals surface area contributed by atoms with Crippen molar-refractivity contribution in [3.8, 4) is 0 Å². The highest BCUT2D eigenvalue weighted by Gasteiger charge is 2.01. The molecule has 0 atom stereocenters. The molecule has 0 radical (unpaired) electrons. The molecule has 3 N–H and O–H groups in total. The van der Waals surface area contributed by atoms with Crippen molar-refractivity contribution in [2.75, 3.05) is 11.1 Å². The van der Waals surface area contributed by atoms with Crippen LogP contribution in [0.15, 0.2) is 24.3 Å². The van der Waals surface area contributed by atoms with Crippen LogP contribution in [-0.2, 0) is 7.05 Å². The molecule has 6 heteroatoms. The highest BCUT2D eigenvalue weighted by molar-refractivity contribution is 5.59. The summed E-state index contributed by atoms with van der Waals surface area (Å²) in [6.45, 7) is 0. The summed E-state index contributed by atoms with van der Waals surface area (Å²) in [6, 6.07) is 7.39. The van der Waals surface area contributed by atoms with Crippen LogP contribution in [0.1, 0.15) is 0 Å². The number of aryl methyl sites for hydroxylation is 1. The highest BCUT2D eigenvalue weighted by Crippen LogP contribution is 2.15. The lowest BCUT2D eigenvalue weighted by atomic mass is 10.3. The zero-order valence-electron chi connectivity index (χ0n) is 7.68. The number of benzene rings is 1. The van der Waals surface area contributed by atoms with E-state index < -0.39 is 0 Å². The molecule has 0 aliphatic heterocycles. The summed E-state index contributed by atoms with van der Waals surface area (Å²) >= 11 is 0. The number of hydrogen-bond acceptors (Lipinski definition) is 5. The van der Waals surface area contributed by atoms with Gasteiger partial charge in [-0.2, -0.15) is 0 Å². The number of hydrogen-bond donors (Lipinski definition) is 2. The van der Waals surface area contributed by atoms with Gasteiger partial charge in [0, 0.05) is 18.4 Å². The first-order valence-corrected chi connectivity index (χ1v) is 4.10. The van der Waals surface area contributed by atoms with E-state index in [4.69, 9.17) is 5.73 Å². The fourth-order valence-corrected chi connectivity index (χ4v) is 1.08. The predicted molar refractivity (Wildman–Crippen MR) is 52.9 cm³/mol. The Morgan fingerprint density at radius 2 is 2.29 bits per heavy atom. The molecule has 0 aliphatic carbocycles. The molecule has 0 fully saturated rings. The van der Waals surface area contributed by atoms with E-state index >= 15 is 0 Å². The summed E-state index contributed by atoms with van der Waals surface area (Å²) in [4.78, 5) is 0. The first-order chi connectivity index (χ1) is 6.75. The van der Waals surface area contributed by atoms with Crippen LogP contribution in [0, 0.1) is 0 Å². The fourth-order valence-electron chi connectivity index (χ4n) is 1.08. The number of nitrogens with zero attached hydrogens (tertiary/aromatic N) is 4. The maximum atomic E-state index is 5.63. The molecule has 72 valence electrons. The number of anilines is 3. The molecular weight excluding hydrogens is 180 g/mol. The van der Waals surface area contributed by atoms with Gasteiger partial charge in [-0.25, -0.2) is 4.68 Å². The van der Waals surface area contributed by atoms with E-state index in [1.165, 1.54) is 0 Å². The molecule has 0 spiro atoms. The quantitative estimate of drug-likeness (QED) is 0.675. The van der Waals surface area contributed by atoms with Gasteiger partial charge in [0.05, 0.1) is 0 Å². The van der Waals surface area contributed by atoms with Crippen LogP contribution in [0.5, 0.6) is 0 Å². The van der Waals surface area contributed by atoms with Crippen LogP contribution in [0.3, 0.4) is 0 Å². The SMILES string of the molecule is Cn1nnnc1Nc1cccc(N)c1. The normalized spacial score (nSPS) is 10.1. The Labute approximate surface area is 80.7 Å². The lowest BCUT2D eigenvalue weighted by molar-refractivity contribution is 0.715. The van der Waals surface area contributed by atoms with E-state index in [1.54, 1.807) is 11.7 Å². The van der Waals surface area contributed by atoms with Gasteiger partial charge in [0.15, 0.2) is 0 Å². The number of tetrazole rings is 1. The molecule has 0 saturated heterocycles. The summed E-state index contributed by atoms with van der Waals surface area (Å²) < 4.78 is 1.54. The standard InChI is InChI=1S/C8H10N6/c1-14-8(11-12-13-14)10-7-4-2-3-6(9)5-7/h2-5H,9H2,1H3,(H,10,11,13). The van der Waals surface area contributed by atoms with Gasteiger partial charge >= 0.3 is 0 Å². The van der Waals surface area contributed by atoms with Crippen LogP contribution in [0.2, 0.25) is 0 Å². The second-order valence-corrected chi connectivity index (χ2v) is 2.88. The van der Waals surface area contributed by atoms with Crippen LogP contribution >= 0.6 is 0 Å². The smallest absolute Gasteiger partial charge is 0.247 e. The van der Waals surface area contributed by atoms with E-state index in [9.17, 15) is 0 Å². The molecule has 14 heavy (non-hydrogen) atoms. The van der Waals surface area contributed by atoms with Crippen molar-refractivity contribution in [3.63, 3.8) is 0 Å². The minimum absolute atomic E-state index is 0.579. The molecule has 1 aromatic carbocycles. The Balaban J connectivity index is 2.23. The summed E-state index contributed by atoms with van der Waals surface area (Å²) in [6.07, 6.45) is 0. The topological polar surface area (TPSA) is 81.7 Å². The first-order valence-electron chi connectivity index (χ1n) is 4.10. The van der Waals surface area contributed by atoms with Gasteiger partial charge in [0.1, 0.15) is 0 Å². The first kappa shape index (κ1) is 8.49. The van der Waals surface area contributed by atoms with Crippen molar-refractivity contribution >= 4 is 17.3 Å². The van der Waals surface area contributed by atoms with E-state index in [0.717, 1.165) is 5.69 Å². The maximum Gasteiger partial charge on any atom is 0.247 e. The second-order valence-electron chi connectivity index (χ2n) is 2.88. The Morgan fingerprint density at radius 1 is 1.43 bits per heavy atom. The lowest BCUT2D eigenvalue weighted by Gasteiger charge is -2.03. The maximum absolute atomic E-state index is 5.63. The van der Waals surface area contributed by atoms with Crippen molar-refractivity contribution in [1.82, 2.24) is 20.2 Å². The van der Waals surface area contributed by atoms with Crippen molar-refractivity contribution in [1.29, 1.82) is 0 Å². The van der Waals surface area contributed by atoms with Crippen molar-refractivity contribution in [2.45, 2.75) is 0 Å². The average Bonchev–Trinajstić information content (AvgIpc) is 2.52. The summed E-state index contributed by atoms with van der Waals surface area (Å²) in [5.74, 6) is 0.579. The Bertz CT molecular complexity index is 435. The number of nitrogens with one attached hydrogen (secondary N) is 1. The van der Waals surface area contributed by atoms with Gasteiger partial charge in [-0.05, 0) is 28.6 Å². The van der Waals surface area contributed by atoms with Crippen LogP contribution < -0.4 is 11.1 Å². The van der Waals surface area contributed by atoms with E-state index in [1.807, 2.05) is 24.3 Å². The second kappa shape index (κ2) is 3.33. The molecular formula is C8H10N6. The van der Waals surface area contributed by atoms with E-state index in [2.05, 4.69) is 20.8 Å². The third-order valence-electron chi connectivity index (χ3n) is 1.76. The molecule has 6 nitrogen and oxygen atoms in total. The Hall–Kier alpha value is -2.11. The third kappa shape index (κ3) is 1.63. The average molecular weight is 190 g/mol. The molecule has 1 heterocycles. The van der Waals surface area contributed by atoms with Crippen LogP contribution in [0.4, 0.5) is 17.3 Å². The van der Waals surface area contributed by atoms with Gasteiger partial charge in [-0.1, -0.05) is 11.2 Å². The fraction of sp³-hybridized carbons (Fsp3) is 0.125. The lowest BCUT2D eigenvalue weighted by Crippen LogP contribution is -2.00. The third-order valence-corrected chi connectivity index (χ3v) is 1.76. The summed E-state index contributed by atoms with van der Waals surface area (Å²) in [5, 5.41) is 14.0. The van der Waals surface area contributed by atoms with E-state index in [0.29, 0.717) is 11.6 Å².